The summed E-state index contributed by atoms with van der Waals surface area (Å²) < 4.78 is 28.7. The maximum Gasteiger partial charge on any atom is 0.145 e. The van der Waals surface area contributed by atoms with Crippen molar-refractivity contribution >= 4 is 31.9 Å². The quantitative estimate of drug-likeness (QED) is 0.478. The monoisotopic (exact) mass is 391 g/mol. The van der Waals surface area contributed by atoms with E-state index in [1.807, 2.05) is 0 Å². The number of nitrogens with one attached hydrogen (secondary N) is 1. The highest BCUT2D eigenvalue weighted by Crippen LogP contribution is 2.32. The molecule has 0 spiro atoms. The van der Waals surface area contributed by atoms with Gasteiger partial charge in [0, 0.05) is 16.2 Å². The van der Waals surface area contributed by atoms with Crippen LogP contribution >= 0.6 is 31.9 Å². The lowest BCUT2D eigenvalue weighted by atomic mass is 10.0. The zero-order chi connectivity index (χ0) is 14.0. The van der Waals surface area contributed by atoms with Crippen LogP contribution < -0.4 is 11.3 Å². The van der Waals surface area contributed by atoms with Crippen molar-refractivity contribution in [1.29, 1.82) is 0 Å². The summed E-state index contributed by atoms with van der Waals surface area (Å²) in [6.45, 7) is 0. The van der Waals surface area contributed by atoms with E-state index < -0.39 is 17.7 Å². The molecule has 0 saturated heterocycles. The van der Waals surface area contributed by atoms with E-state index in [0.29, 0.717) is 10.2 Å². The van der Waals surface area contributed by atoms with E-state index in [4.69, 9.17) is 5.84 Å². The van der Waals surface area contributed by atoms with Gasteiger partial charge in [0.2, 0.25) is 0 Å². The first-order valence-corrected chi connectivity index (χ1v) is 6.84. The van der Waals surface area contributed by atoms with Gasteiger partial charge in [0.1, 0.15) is 11.6 Å². The first-order chi connectivity index (χ1) is 9.06. The van der Waals surface area contributed by atoms with Gasteiger partial charge in [-0.3, -0.25) is 10.8 Å². The molecule has 3 N–H and O–H groups in total. The van der Waals surface area contributed by atoms with Gasteiger partial charge in [0.15, 0.2) is 0 Å². The molecule has 2 rings (SSSR count). The molecular formula is C12H9Br2F2N3. The van der Waals surface area contributed by atoms with Gasteiger partial charge >= 0.3 is 0 Å². The number of benzene rings is 1. The third kappa shape index (κ3) is 2.84. The maximum absolute atomic E-state index is 14.1. The molecule has 1 aromatic heterocycles. The van der Waals surface area contributed by atoms with Crippen LogP contribution in [0.5, 0.6) is 0 Å². The third-order valence-corrected chi connectivity index (χ3v) is 3.88. The van der Waals surface area contributed by atoms with Crippen LogP contribution in [0.1, 0.15) is 17.3 Å². The number of hydrazine groups is 1. The van der Waals surface area contributed by atoms with Gasteiger partial charge in [-0.15, -0.1) is 0 Å². The minimum atomic E-state index is -0.895. The third-order valence-electron chi connectivity index (χ3n) is 2.60. The average molecular weight is 393 g/mol. The van der Waals surface area contributed by atoms with E-state index in [9.17, 15) is 8.78 Å². The zero-order valence-corrected chi connectivity index (χ0v) is 12.7. The summed E-state index contributed by atoms with van der Waals surface area (Å²) in [6, 6.07) is 5.00. The van der Waals surface area contributed by atoms with E-state index in [0.717, 1.165) is 0 Å². The number of aromatic nitrogens is 1. The number of pyridine rings is 1. The number of hydrogen-bond donors (Lipinski definition) is 2. The predicted octanol–water partition coefficient (Wildman–Crippen LogP) is 3.44. The maximum atomic E-state index is 14.1. The van der Waals surface area contributed by atoms with Crippen molar-refractivity contribution in [3.8, 4) is 0 Å². The molecule has 1 atom stereocenters. The number of nitrogens with two attached hydrogens (primary N) is 1. The largest absolute Gasteiger partial charge is 0.271 e. The second-order valence-corrected chi connectivity index (χ2v) is 5.44. The summed E-state index contributed by atoms with van der Waals surface area (Å²) in [5.74, 6) is 4.03. The molecule has 3 nitrogen and oxygen atoms in total. The Morgan fingerprint density at radius 2 is 1.89 bits per heavy atom. The van der Waals surface area contributed by atoms with Crippen molar-refractivity contribution in [2.24, 2.45) is 5.84 Å². The highest BCUT2D eigenvalue weighted by Gasteiger charge is 2.25. The first kappa shape index (κ1) is 14.5. The van der Waals surface area contributed by atoms with Crippen molar-refractivity contribution < 1.29 is 8.78 Å². The van der Waals surface area contributed by atoms with Crippen LogP contribution in [-0.2, 0) is 0 Å². The minimum absolute atomic E-state index is 0.163. The minimum Gasteiger partial charge on any atom is -0.271 e. The molecule has 100 valence electrons. The summed E-state index contributed by atoms with van der Waals surface area (Å²) >= 11 is 6.31. The van der Waals surface area contributed by atoms with Gasteiger partial charge in [-0.2, -0.15) is 0 Å². The zero-order valence-electron chi connectivity index (χ0n) is 9.50. The van der Waals surface area contributed by atoms with E-state index in [1.165, 1.54) is 18.3 Å². The van der Waals surface area contributed by atoms with Crippen LogP contribution in [0.15, 0.2) is 39.4 Å². The normalized spacial score (nSPS) is 12.5. The molecular weight excluding hydrogens is 384 g/mol. The van der Waals surface area contributed by atoms with Gasteiger partial charge < -0.3 is 0 Å². The Bertz CT molecular complexity index is 608. The summed E-state index contributed by atoms with van der Waals surface area (Å²) in [5, 5.41) is 0. The average Bonchev–Trinajstić information content (AvgIpc) is 2.40. The highest BCUT2D eigenvalue weighted by molar-refractivity contribution is 9.10. The first-order valence-electron chi connectivity index (χ1n) is 5.26. The SMILES string of the molecule is NNC(c1ncccc1Br)c1c(F)ccc(Br)c1F. The second-order valence-electron chi connectivity index (χ2n) is 3.73. The molecule has 7 heteroatoms. The van der Waals surface area contributed by atoms with Crippen LogP contribution in [0, 0.1) is 11.6 Å². The fraction of sp³-hybridized carbons (Fsp3) is 0.0833. The van der Waals surface area contributed by atoms with E-state index in [1.54, 1.807) is 12.1 Å². The summed E-state index contributed by atoms with van der Waals surface area (Å²) in [7, 11) is 0. The summed E-state index contributed by atoms with van der Waals surface area (Å²) in [6.07, 6.45) is 1.53. The van der Waals surface area contributed by atoms with Crippen molar-refractivity contribution in [2.75, 3.05) is 0 Å². The highest BCUT2D eigenvalue weighted by atomic mass is 79.9. The van der Waals surface area contributed by atoms with Gasteiger partial charge in [-0.25, -0.2) is 14.2 Å². The van der Waals surface area contributed by atoms with E-state index in [2.05, 4.69) is 42.3 Å². The fourth-order valence-electron chi connectivity index (χ4n) is 1.72. The van der Waals surface area contributed by atoms with Crippen LogP contribution in [0.25, 0.3) is 0 Å². The standard InChI is InChI=1S/C12H9Br2F2N3/c13-6-3-4-8(15)9(10(6)16)12(19-17)11-7(14)2-1-5-18-11/h1-5,12,19H,17H2. The van der Waals surface area contributed by atoms with Gasteiger partial charge in [0.25, 0.3) is 0 Å². The second kappa shape index (κ2) is 6.04. The molecule has 0 bridgehead atoms. The number of hydrogen-bond acceptors (Lipinski definition) is 3. The lowest BCUT2D eigenvalue weighted by Crippen LogP contribution is -2.31. The predicted molar refractivity (Wildman–Crippen MR) is 75.2 cm³/mol. The molecule has 0 amide bonds. The Balaban J connectivity index is 2.61. The number of nitrogens with zero attached hydrogens (tertiary/aromatic N) is 1. The summed E-state index contributed by atoms with van der Waals surface area (Å²) in [4.78, 5) is 4.10. The molecule has 0 saturated carbocycles. The number of halogens is 4. The van der Waals surface area contributed by atoms with Gasteiger partial charge in [-0.05, 0) is 56.1 Å². The molecule has 2 aromatic rings. The lowest BCUT2D eigenvalue weighted by molar-refractivity contribution is 0.501. The van der Waals surface area contributed by atoms with Crippen LogP contribution in [0.3, 0.4) is 0 Å². The van der Waals surface area contributed by atoms with Crippen molar-refractivity contribution in [3.05, 3.63) is 62.3 Å². The Morgan fingerprint density at radius 3 is 2.53 bits per heavy atom. The van der Waals surface area contributed by atoms with Crippen molar-refractivity contribution in [2.45, 2.75) is 6.04 Å². The Labute approximate surface area is 125 Å². The topological polar surface area (TPSA) is 50.9 Å². The molecule has 1 heterocycles. The molecule has 0 aliphatic heterocycles. The Kier molecular flexibility index (Phi) is 4.62. The van der Waals surface area contributed by atoms with Crippen LogP contribution in [-0.4, -0.2) is 4.98 Å². The molecule has 19 heavy (non-hydrogen) atoms. The van der Waals surface area contributed by atoms with Crippen LogP contribution in [0.4, 0.5) is 8.78 Å². The molecule has 1 unspecified atom stereocenters. The lowest BCUT2D eigenvalue weighted by Gasteiger charge is -2.19. The molecule has 0 aliphatic carbocycles. The smallest absolute Gasteiger partial charge is 0.145 e. The van der Waals surface area contributed by atoms with Gasteiger partial charge in [0.05, 0.1) is 16.2 Å². The number of rotatable bonds is 3. The van der Waals surface area contributed by atoms with E-state index >= 15 is 0 Å². The summed E-state index contributed by atoms with van der Waals surface area (Å²) in [5.41, 5.74) is 2.61. The van der Waals surface area contributed by atoms with Crippen LogP contribution in [0.2, 0.25) is 0 Å². The Hall–Kier alpha value is -0.890. The fourth-order valence-corrected chi connectivity index (χ4v) is 2.55. The molecule has 0 aliphatic rings. The molecule has 0 fully saturated rings. The van der Waals surface area contributed by atoms with Gasteiger partial charge in [-0.1, -0.05) is 0 Å². The molecule has 1 aromatic carbocycles. The molecule has 0 radical (unpaired) electrons. The van der Waals surface area contributed by atoms with E-state index in [-0.39, 0.29) is 10.0 Å². The Morgan fingerprint density at radius 1 is 1.16 bits per heavy atom. The van der Waals surface area contributed by atoms with Crippen molar-refractivity contribution in [1.82, 2.24) is 10.4 Å². The van der Waals surface area contributed by atoms with Crippen molar-refractivity contribution in [3.63, 3.8) is 0 Å².